The van der Waals surface area contributed by atoms with E-state index >= 15 is 0 Å². The normalized spacial score (nSPS) is 18.5. The van der Waals surface area contributed by atoms with Crippen LogP contribution in [0, 0.1) is 18.8 Å². The van der Waals surface area contributed by atoms with E-state index in [1.54, 1.807) is 13.1 Å². The Morgan fingerprint density at radius 1 is 1.05 bits per heavy atom. The molecule has 3 aromatic rings. The SMILES string of the molecule is CCCCCCCOC(=O)C1CCC(C(C)(O)c2ccc(-c3cc(C)cc(Nc4cc(C(F)F)ccn4)n3)cn2)CC1. The van der Waals surface area contributed by atoms with Crippen LogP contribution in [0.25, 0.3) is 11.3 Å². The third kappa shape index (κ3) is 8.31. The van der Waals surface area contributed by atoms with Gasteiger partial charge in [-0.2, -0.15) is 0 Å². The highest BCUT2D eigenvalue weighted by Gasteiger charge is 2.39. The second-order valence-electron chi connectivity index (χ2n) is 11.5. The van der Waals surface area contributed by atoms with Gasteiger partial charge in [0.25, 0.3) is 6.43 Å². The summed E-state index contributed by atoms with van der Waals surface area (Å²) >= 11 is 0. The van der Waals surface area contributed by atoms with Crippen LogP contribution >= 0.6 is 0 Å². The fourth-order valence-corrected chi connectivity index (χ4v) is 5.60. The van der Waals surface area contributed by atoms with Crippen molar-refractivity contribution in [3.05, 3.63) is 65.6 Å². The highest BCUT2D eigenvalue weighted by Crippen LogP contribution is 2.41. The van der Waals surface area contributed by atoms with Gasteiger partial charge in [0.05, 0.1) is 23.9 Å². The van der Waals surface area contributed by atoms with E-state index < -0.39 is 12.0 Å². The molecule has 3 aromatic heterocycles. The number of nitrogens with one attached hydrogen (secondary N) is 1. The first-order chi connectivity index (χ1) is 20.2. The van der Waals surface area contributed by atoms with Gasteiger partial charge in [-0.15, -0.1) is 0 Å². The first-order valence-electron chi connectivity index (χ1n) is 15.0. The summed E-state index contributed by atoms with van der Waals surface area (Å²) in [6.45, 7) is 6.39. The number of alkyl halides is 2. The molecule has 0 bridgehead atoms. The fourth-order valence-electron chi connectivity index (χ4n) is 5.60. The van der Waals surface area contributed by atoms with Gasteiger partial charge in [0.15, 0.2) is 0 Å². The van der Waals surface area contributed by atoms with Crippen molar-refractivity contribution in [2.45, 2.75) is 90.6 Å². The number of aliphatic hydroxyl groups is 1. The molecule has 1 saturated carbocycles. The van der Waals surface area contributed by atoms with Crippen molar-refractivity contribution >= 4 is 17.6 Å². The number of carbonyl (C=O) groups is 1. The molecule has 3 heterocycles. The molecule has 0 saturated heterocycles. The van der Waals surface area contributed by atoms with Crippen LogP contribution in [0.15, 0.2) is 48.8 Å². The summed E-state index contributed by atoms with van der Waals surface area (Å²) in [5.41, 5.74) is 1.66. The molecule has 42 heavy (non-hydrogen) atoms. The summed E-state index contributed by atoms with van der Waals surface area (Å²) < 4.78 is 31.7. The minimum absolute atomic E-state index is 0.0154. The number of esters is 1. The molecule has 4 rings (SSSR count). The molecule has 1 fully saturated rings. The number of hydrogen-bond acceptors (Lipinski definition) is 7. The molecule has 9 heteroatoms. The van der Waals surface area contributed by atoms with E-state index in [2.05, 4.69) is 27.2 Å². The van der Waals surface area contributed by atoms with Crippen LogP contribution < -0.4 is 5.32 Å². The number of nitrogens with zero attached hydrogens (tertiary/aromatic N) is 3. The van der Waals surface area contributed by atoms with Gasteiger partial charge in [0, 0.05) is 23.5 Å². The van der Waals surface area contributed by atoms with Crippen molar-refractivity contribution in [3.63, 3.8) is 0 Å². The van der Waals surface area contributed by atoms with Gasteiger partial charge in [-0.05, 0) is 93.8 Å². The zero-order valence-corrected chi connectivity index (χ0v) is 24.8. The summed E-state index contributed by atoms with van der Waals surface area (Å²) in [5, 5.41) is 14.5. The highest BCUT2D eigenvalue weighted by atomic mass is 19.3. The third-order valence-corrected chi connectivity index (χ3v) is 8.19. The van der Waals surface area contributed by atoms with Gasteiger partial charge in [0.1, 0.15) is 17.2 Å². The number of ether oxygens (including phenoxy) is 1. The van der Waals surface area contributed by atoms with Crippen LogP contribution in [0.2, 0.25) is 0 Å². The van der Waals surface area contributed by atoms with Gasteiger partial charge in [-0.1, -0.05) is 32.6 Å². The Labute approximate surface area is 247 Å². The van der Waals surface area contributed by atoms with E-state index in [-0.39, 0.29) is 29.2 Å². The van der Waals surface area contributed by atoms with E-state index in [0.717, 1.165) is 36.8 Å². The van der Waals surface area contributed by atoms with Crippen molar-refractivity contribution < 1.29 is 23.4 Å². The van der Waals surface area contributed by atoms with E-state index in [1.165, 1.54) is 37.6 Å². The first-order valence-corrected chi connectivity index (χ1v) is 15.0. The lowest BCUT2D eigenvalue weighted by atomic mass is 9.73. The van der Waals surface area contributed by atoms with Gasteiger partial charge >= 0.3 is 5.97 Å². The van der Waals surface area contributed by atoms with E-state index in [0.29, 0.717) is 36.7 Å². The summed E-state index contributed by atoms with van der Waals surface area (Å²) in [7, 11) is 0. The summed E-state index contributed by atoms with van der Waals surface area (Å²) in [6.07, 6.45) is 8.89. The van der Waals surface area contributed by atoms with Gasteiger partial charge < -0.3 is 15.2 Å². The molecule has 0 aromatic carbocycles. The molecular weight excluding hydrogens is 538 g/mol. The molecule has 0 amide bonds. The number of rotatable bonds is 13. The molecule has 226 valence electrons. The zero-order chi connectivity index (χ0) is 30.1. The number of carbonyl (C=O) groups excluding carboxylic acids is 1. The molecule has 0 spiro atoms. The van der Waals surface area contributed by atoms with Crippen LogP contribution in [-0.4, -0.2) is 32.6 Å². The molecule has 1 unspecified atom stereocenters. The van der Waals surface area contributed by atoms with E-state index in [1.807, 2.05) is 31.2 Å². The molecule has 2 N–H and O–H groups in total. The smallest absolute Gasteiger partial charge is 0.308 e. The molecule has 1 aliphatic carbocycles. The predicted octanol–water partition coefficient (Wildman–Crippen LogP) is 8.06. The second kappa shape index (κ2) is 14.6. The number of halogens is 2. The topological polar surface area (TPSA) is 97.2 Å². The van der Waals surface area contributed by atoms with Crippen molar-refractivity contribution in [1.82, 2.24) is 15.0 Å². The molecule has 1 aliphatic rings. The van der Waals surface area contributed by atoms with Crippen LogP contribution in [-0.2, 0) is 15.1 Å². The number of hydrogen-bond donors (Lipinski definition) is 2. The average Bonchev–Trinajstić information content (AvgIpc) is 2.98. The minimum atomic E-state index is -2.59. The maximum atomic E-state index is 13.1. The number of aryl methyl sites for hydroxylation is 1. The summed E-state index contributed by atoms with van der Waals surface area (Å²) in [4.78, 5) is 25.9. The maximum Gasteiger partial charge on any atom is 0.308 e. The Kier molecular flexibility index (Phi) is 11.0. The lowest BCUT2D eigenvalue weighted by molar-refractivity contribution is -0.151. The zero-order valence-electron chi connectivity index (χ0n) is 24.8. The third-order valence-electron chi connectivity index (χ3n) is 8.19. The minimum Gasteiger partial charge on any atom is -0.465 e. The van der Waals surface area contributed by atoms with Gasteiger partial charge in [-0.25, -0.2) is 18.7 Å². The number of unbranched alkanes of at least 4 members (excludes halogenated alkanes) is 4. The van der Waals surface area contributed by atoms with Crippen molar-refractivity contribution in [3.8, 4) is 11.3 Å². The summed E-state index contributed by atoms with van der Waals surface area (Å²) in [5.74, 6) is 0.534. The quantitative estimate of drug-likeness (QED) is 0.156. The Hall–Kier alpha value is -3.46. The Morgan fingerprint density at radius 3 is 2.50 bits per heavy atom. The van der Waals surface area contributed by atoms with Crippen LogP contribution in [0.5, 0.6) is 0 Å². The number of aromatic nitrogens is 3. The van der Waals surface area contributed by atoms with Crippen molar-refractivity contribution in [2.75, 3.05) is 11.9 Å². The number of anilines is 2. The lowest BCUT2D eigenvalue weighted by Crippen LogP contribution is -2.37. The first kappa shape index (κ1) is 31.5. The van der Waals surface area contributed by atoms with Crippen molar-refractivity contribution in [1.29, 1.82) is 0 Å². The Morgan fingerprint density at radius 2 is 1.81 bits per heavy atom. The number of pyridine rings is 3. The van der Waals surface area contributed by atoms with Gasteiger partial charge in [-0.3, -0.25) is 9.78 Å². The fraction of sp³-hybridized carbons (Fsp3) is 0.515. The molecular formula is C33H42F2N4O3. The maximum absolute atomic E-state index is 13.1. The standard InChI is InChI=1S/C33H42F2N4O3/c1-4-5-6-7-8-17-42-32(40)23-9-12-26(13-10-23)33(3,41)28-14-11-25(21-37-28)27-18-22(2)19-30(38-27)39-29-20-24(31(34)35)15-16-36-29/h11,14-16,18-21,23,26,31,41H,4-10,12-13,17H2,1-3H3,(H,36,38,39). The Bertz CT molecular complexity index is 1310. The molecule has 1 atom stereocenters. The summed E-state index contributed by atoms with van der Waals surface area (Å²) in [6, 6.07) is 10.0. The average molecular weight is 581 g/mol. The molecule has 0 radical (unpaired) electrons. The van der Waals surface area contributed by atoms with Crippen LogP contribution in [0.3, 0.4) is 0 Å². The van der Waals surface area contributed by atoms with E-state index in [4.69, 9.17) is 4.74 Å². The lowest BCUT2D eigenvalue weighted by Gasteiger charge is -2.37. The molecule has 0 aliphatic heterocycles. The largest absolute Gasteiger partial charge is 0.465 e. The van der Waals surface area contributed by atoms with Crippen LogP contribution in [0.4, 0.5) is 20.4 Å². The highest BCUT2D eigenvalue weighted by molar-refractivity contribution is 5.72. The molecule has 7 nitrogen and oxygen atoms in total. The Balaban J connectivity index is 1.35. The second-order valence-corrected chi connectivity index (χ2v) is 11.5. The predicted molar refractivity (Wildman–Crippen MR) is 159 cm³/mol. The monoisotopic (exact) mass is 580 g/mol. The van der Waals surface area contributed by atoms with Crippen LogP contribution in [0.1, 0.15) is 94.9 Å². The van der Waals surface area contributed by atoms with Crippen molar-refractivity contribution in [2.24, 2.45) is 11.8 Å². The van der Waals surface area contributed by atoms with Gasteiger partial charge in [0.2, 0.25) is 0 Å². The van der Waals surface area contributed by atoms with E-state index in [9.17, 15) is 18.7 Å².